The number of ether oxygens (including phenoxy) is 2. The molecule has 5 nitrogen and oxygen atoms in total. The molecule has 0 aromatic heterocycles. The van der Waals surface area contributed by atoms with Crippen LogP contribution in [0.15, 0.2) is 18.2 Å². The molecule has 2 heterocycles. The number of fused-ring (bicyclic) bond motifs is 1. The molecule has 0 amide bonds. The van der Waals surface area contributed by atoms with Gasteiger partial charge in [0.1, 0.15) is 11.9 Å². The van der Waals surface area contributed by atoms with Gasteiger partial charge >= 0.3 is 5.97 Å². The van der Waals surface area contributed by atoms with Crippen LogP contribution >= 0.6 is 0 Å². The number of aryl methyl sites for hydroxylation is 1. The number of benzene rings is 1. The van der Waals surface area contributed by atoms with Crippen molar-refractivity contribution in [2.45, 2.75) is 44.8 Å². The minimum absolute atomic E-state index is 0.255. The standard InChI is InChI=1S/C19H27NO4/c1-12(19(22)23-2)18(21)15-4-3-13-5-6-16(24-17(13)11-15)14-7-9-20-10-8-14/h3-4,11-12,14,16,18,20-21H,5-10H2,1-2H3/t12-,16?,18+/m0/s1. The Morgan fingerprint density at radius 3 is 2.79 bits per heavy atom. The summed E-state index contributed by atoms with van der Waals surface area (Å²) in [6.45, 7) is 3.80. The maximum atomic E-state index is 11.7. The van der Waals surface area contributed by atoms with Crippen LogP contribution in [0.1, 0.15) is 43.4 Å². The fourth-order valence-electron chi connectivity index (χ4n) is 3.74. The highest BCUT2D eigenvalue weighted by Gasteiger charge is 2.30. The molecule has 1 saturated heterocycles. The lowest BCUT2D eigenvalue weighted by Gasteiger charge is -2.35. The number of rotatable bonds is 4. The smallest absolute Gasteiger partial charge is 0.311 e. The van der Waals surface area contributed by atoms with Crippen LogP contribution in [0.2, 0.25) is 0 Å². The molecule has 2 aliphatic heterocycles. The van der Waals surface area contributed by atoms with E-state index in [1.165, 1.54) is 12.7 Å². The zero-order chi connectivity index (χ0) is 17.1. The lowest BCUT2D eigenvalue weighted by atomic mass is 9.86. The largest absolute Gasteiger partial charge is 0.490 e. The Bertz CT molecular complexity index is 583. The second-order valence-corrected chi connectivity index (χ2v) is 6.91. The molecule has 1 aromatic carbocycles. The molecule has 0 spiro atoms. The average Bonchev–Trinajstić information content (AvgIpc) is 2.66. The lowest BCUT2D eigenvalue weighted by molar-refractivity contribution is -0.148. The summed E-state index contributed by atoms with van der Waals surface area (Å²) in [6, 6.07) is 5.79. The van der Waals surface area contributed by atoms with E-state index in [0.717, 1.165) is 44.5 Å². The van der Waals surface area contributed by atoms with Gasteiger partial charge in [0.05, 0.1) is 19.1 Å². The zero-order valence-electron chi connectivity index (χ0n) is 14.5. The maximum Gasteiger partial charge on any atom is 0.311 e. The van der Waals surface area contributed by atoms with Crippen LogP contribution in [-0.4, -0.2) is 37.4 Å². The van der Waals surface area contributed by atoms with Crippen molar-refractivity contribution in [2.75, 3.05) is 20.2 Å². The van der Waals surface area contributed by atoms with E-state index in [-0.39, 0.29) is 6.10 Å². The molecule has 3 rings (SSSR count). The minimum atomic E-state index is -0.884. The first-order valence-corrected chi connectivity index (χ1v) is 8.86. The number of carbonyl (C=O) groups excluding carboxylic acids is 1. The van der Waals surface area contributed by atoms with E-state index < -0.39 is 18.0 Å². The molecule has 0 saturated carbocycles. The molecule has 1 unspecified atom stereocenters. The van der Waals surface area contributed by atoms with Crippen LogP contribution in [0.3, 0.4) is 0 Å². The van der Waals surface area contributed by atoms with Gasteiger partial charge in [-0.05, 0) is 68.8 Å². The minimum Gasteiger partial charge on any atom is -0.490 e. The van der Waals surface area contributed by atoms with E-state index in [4.69, 9.17) is 9.47 Å². The molecule has 0 radical (unpaired) electrons. The summed E-state index contributed by atoms with van der Waals surface area (Å²) in [6.07, 6.45) is 3.74. The van der Waals surface area contributed by atoms with Crippen LogP contribution in [0.4, 0.5) is 0 Å². The van der Waals surface area contributed by atoms with Crippen molar-refractivity contribution in [1.82, 2.24) is 5.32 Å². The number of esters is 1. The Kier molecular flexibility index (Phi) is 5.41. The third kappa shape index (κ3) is 3.57. The summed E-state index contributed by atoms with van der Waals surface area (Å²) in [5, 5.41) is 13.8. The third-order valence-electron chi connectivity index (χ3n) is 5.37. The van der Waals surface area contributed by atoms with Gasteiger partial charge in [-0.3, -0.25) is 4.79 Å². The fraction of sp³-hybridized carbons (Fsp3) is 0.632. The van der Waals surface area contributed by atoms with Gasteiger partial charge in [0.2, 0.25) is 0 Å². The first kappa shape index (κ1) is 17.2. The van der Waals surface area contributed by atoms with E-state index in [1.807, 2.05) is 18.2 Å². The van der Waals surface area contributed by atoms with Gasteiger partial charge in [-0.25, -0.2) is 0 Å². The van der Waals surface area contributed by atoms with E-state index in [0.29, 0.717) is 11.5 Å². The number of nitrogens with one attached hydrogen (secondary N) is 1. The van der Waals surface area contributed by atoms with Gasteiger partial charge in [-0.15, -0.1) is 0 Å². The number of hydrogen-bond donors (Lipinski definition) is 2. The van der Waals surface area contributed by atoms with Crippen molar-refractivity contribution >= 4 is 5.97 Å². The molecule has 0 aliphatic carbocycles. The van der Waals surface area contributed by atoms with Crippen LogP contribution in [-0.2, 0) is 16.0 Å². The third-order valence-corrected chi connectivity index (χ3v) is 5.37. The van der Waals surface area contributed by atoms with Crippen molar-refractivity contribution in [1.29, 1.82) is 0 Å². The lowest BCUT2D eigenvalue weighted by Crippen LogP contribution is -2.38. The normalized spacial score (nSPS) is 23.7. The molecule has 132 valence electrons. The monoisotopic (exact) mass is 333 g/mol. The second kappa shape index (κ2) is 7.53. The Labute approximate surface area is 143 Å². The highest BCUT2D eigenvalue weighted by atomic mass is 16.5. The van der Waals surface area contributed by atoms with Crippen LogP contribution in [0.5, 0.6) is 5.75 Å². The van der Waals surface area contributed by atoms with Gasteiger partial charge in [0, 0.05) is 0 Å². The Morgan fingerprint density at radius 1 is 1.33 bits per heavy atom. The molecule has 3 atom stereocenters. The number of hydrogen-bond acceptors (Lipinski definition) is 5. The number of aliphatic hydroxyl groups is 1. The molecule has 5 heteroatoms. The van der Waals surface area contributed by atoms with Gasteiger partial charge in [0.25, 0.3) is 0 Å². The van der Waals surface area contributed by atoms with Crippen molar-refractivity contribution in [3.63, 3.8) is 0 Å². The summed E-state index contributed by atoms with van der Waals surface area (Å²) in [5.41, 5.74) is 1.89. The quantitative estimate of drug-likeness (QED) is 0.827. The van der Waals surface area contributed by atoms with Crippen LogP contribution < -0.4 is 10.1 Å². The van der Waals surface area contributed by atoms with Gasteiger partial charge in [0.15, 0.2) is 0 Å². The Balaban J connectivity index is 1.74. The van der Waals surface area contributed by atoms with Crippen LogP contribution in [0, 0.1) is 11.8 Å². The molecule has 1 aromatic rings. The summed E-state index contributed by atoms with van der Waals surface area (Å²) in [5.74, 6) is 0.450. The van der Waals surface area contributed by atoms with E-state index in [9.17, 15) is 9.90 Å². The number of piperidine rings is 1. The van der Waals surface area contributed by atoms with Gasteiger partial charge < -0.3 is 19.9 Å². The number of aliphatic hydroxyl groups excluding tert-OH is 1. The van der Waals surface area contributed by atoms with E-state index in [2.05, 4.69) is 5.32 Å². The number of methoxy groups -OCH3 is 1. The van der Waals surface area contributed by atoms with Crippen molar-refractivity contribution in [2.24, 2.45) is 11.8 Å². The topological polar surface area (TPSA) is 67.8 Å². The summed E-state index contributed by atoms with van der Waals surface area (Å²) >= 11 is 0. The van der Waals surface area contributed by atoms with Gasteiger partial charge in [-0.2, -0.15) is 0 Å². The SMILES string of the molecule is COC(=O)[C@@H](C)[C@@H](O)c1ccc2c(c1)OC(C1CCNCC1)CC2. The zero-order valence-corrected chi connectivity index (χ0v) is 14.5. The van der Waals surface area contributed by atoms with Crippen molar-refractivity contribution < 1.29 is 19.4 Å². The first-order chi connectivity index (χ1) is 11.6. The molecule has 0 bridgehead atoms. The van der Waals surface area contributed by atoms with E-state index >= 15 is 0 Å². The highest BCUT2D eigenvalue weighted by molar-refractivity contribution is 5.72. The Hall–Kier alpha value is -1.59. The predicted octanol–water partition coefficient (Wildman–Crippen LogP) is 2.22. The first-order valence-electron chi connectivity index (χ1n) is 8.86. The van der Waals surface area contributed by atoms with E-state index in [1.54, 1.807) is 6.92 Å². The molecular weight excluding hydrogens is 306 g/mol. The summed E-state index contributed by atoms with van der Waals surface area (Å²) in [7, 11) is 1.34. The molecule has 2 aliphatic rings. The Morgan fingerprint density at radius 2 is 2.08 bits per heavy atom. The molecule has 2 N–H and O–H groups in total. The molecule has 1 fully saturated rings. The molecule has 24 heavy (non-hydrogen) atoms. The second-order valence-electron chi connectivity index (χ2n) is 6.91. The average molecular weight is 333 g/mol. The van der Waals surface area contributed by atoms with Crippen molar-refractivity contribution in [3.05, 3.63) is 29.3 Å². The molecular formula is C19H27NO4. The summed E-state index contributed by atoms with van der Waals surface area (Å²) in [4.78, 5) is 11.7. The van der Waals surface area contributed by atoms with Gasteiger partial charge in [-0.1, -0.05) is 12.1 Å². The number of carbonyl (C=O) groups is 1. The van der Waals surface area contributed by atoms with Crippen LogP contribution in [0.25, 0.3) is 0 Å². The highest BCUT2D eigenvalue weighted by Crippen LogP contribution is 2.35. The maximum absolute atomic E-state index is 11.7. The predicted molar refractivity (Wildman–Crippen MR) is 90.9 cm³/mol. The van der Waals surface area contributed by atoms with Crippen molar-refractivity contribution in [3.8, 4) is 5.75 Å². The summed E-state index contributed by atoms with van der Waals surface area (Å²) < 4.78 is 11.0. The fourth-order valence-corrected chi connectivity index (χ4v) is 3.74.